The van der Waals surface area contributed by atoms with Gasteiger partial charge in [-0.15, -0.1) is 0 Å². The lowest BCUT2D eigenvalue weighted by molar-refractivity contribution is -0.385. The first-order valence-corrected chi connectivity index (χ1v) is 6.38. The maximum absolute atomic E-state index is 12.1. The number of nitro groups is 1. The SMILES string of the molecule is NC1CCC(NC(=O)c2ccccc2[N+](=O)[O-])CC1. The van der Waals surface area contributed by atoms with E-state index in [1.54, 1.807) is 12.1 Å². The van der Waals surface area contributed by atoms with Gasteiger partial charge in [0.05, 0.1) is 4.92 Å². The Hall–Kier alpha value is -1.95. The largest absolute Gasteiger partial charge is 0.349 e. The molecule has 6 nitrogen and oxygen atoms in total. The maximum atomic E-state index is 12.1. The third-order valence-electron chi connectivity index (χ3n) is 3.45. The van der Waals surface area contributed by atoms with Gasteiger partial charge in [0.25, 0.3) is 11.6 Å². The minimum absolute atomic E-state index is 0.0621. The molecule has 1 aliphatic carbocycles. The Morgan fingerprint density at radius 1 is 1.26 bits per heavy atom. The minimum atomic E-state index is -0.536. The number of carbonyl (C=O) groups excluding carboxylic acids is 1. The molecule has 0 saturated heterocycles. The summed E-state index contributed by atoms with van der Waals surface area (Å²) in [7, 11) is 0. The van der Waals surface area contributed by atoms with Crippen LogP contribution in [0.5, 0.6) is 0 Å². The summed E-state index contributed by atoms with van der Waals surface area (Å²) >= 11 is 0. The van der Waals surface area contributed by atoms with Crippen molar-refractivity contribution < 1.29 is 9.72 Å². The summed E-state index contributed by atoms with van der Waals surface area (Å²) in [5.41, 5.74) is 5.75. The predicted molar refractivity (Wildman–Crippen MR) is 70.8 cm³/mol. The highest BCUT2D eigenvalue weighted by atomic mass is 16.6. The standard InChI is InChI=1S/C13H17N3O3/c14-9-5-7-10(8-6-9)15-13(17)11-3-1-2-4-12(11)16(18)19/h1-4,9-10H,5-8,14H2,(H,15,17). The Morgan fingerprint density at radius 3 is 2.53 bits per heavy atom. The number of nitro benzene ring substituents is 1. The van der Waals surface area contributed by atoms with Crippen molar-refractivity contribution in [1.29, 1.82) is 0 Å². The Morgan fingerprint density at radius 2 is 1.89 bits per heavy atom. The molecule has 102 valence electrons. The van der Waals surface area contributed by atoms with Crippen LogP contribution in [0.15, 0.2) is 24.3 Å². The highest BCUT2D eigenvalue weighted by Crippen LogP contribution is 2.20. The lowest BCUT2D eigenvalue weighted by Gasteiger charge is -2.26. The number of carbonyl (C=O) groups is 1. The normalized spacial score (nSPS) is 22.8. The fourth-order valence-electron chi connectivity index (χ4n) is 2.35. The summed E-state index contributed by atoms with van der Waals surface area (Å²) in [5, 5.41) is 13.7. The van der Waals surface area contributed by atoms with Gasteiger partial charge < -0.3 is 11.1 Å². The first-order chi connectivity index (χ1) is 9.08. The third-order valence-corrected chi connectivity index (χ3v) is 3.45. The van der Waals surface area contributed by atoms with Crippen LogP contribution >= 0.6 is 0 Å². The zero-order valence-corrected chi connectivity index (χ0v) is 10.5. The Bertz CT molecular complexity index is 482. The van der Waals surface area contributed by atoms with E-state index < -0.39 is 4.92 Å². The number of nitrogens with two attached hydrogens (primary N) is 1. The molecule has 0 aromatic heterocycles. The summed E-state index contributed by atoms with van der Waals surface area (Å²) in [5.74, 6) is -0.382. The van der Waals surface area contributed by atoms with Crippen LogP contribution in [0.1, 0.15) is 36.0 Å². The molecule has 1 saturated carbocycles. The molecule has 1 aromatic rings. The van der Waals surface area contributed by atoms with E-state index in [0.717, 1.165) is 25.7 Å². The quantitative estimate of drug-likeness (QED) is 0.639. The van der Waals surface area contributed by atoms with Crippen LogP contribution in [0.2, 0.25) is 0 Å². The number of para-hydroxylation sites is 1. The summed E-state index contributed by atoms with van der Waals surface area (Å²) < 4.78 is 0. The average Bonchev–Trinajstić information content (AvgIpc) is 2.41. The van der Waals surface area contributed by atoms with E-state index in [-0.39, 0.29) is 29.2 Å². The van der Waals surface area contributed by atoms with Gasteiger partial charge in [0.1, 0.15) is 5.56 Å². The molecule has 0 radical (unpaired) electrons. The second kappa shape index (κ2) is 5.79. The van der Waals surface area contributed by atoms with Crippen LogP contribution in [-0.4, -0.2) is 22.9 Å². The van der Waals surface area contributed by atoms with Crippen molar-refractivity contribution in [3.8, 4) is 0 Å². The van der Waals surface area contributed by atoms with E-state index in [4.69, 9.17) is 5.73 Å². The van der Waals surface area contributed by atoms with E-state index in [2.05, 4.69) is 5.32 Å². The van der Waals surface area contributed by atoms with E-state index in [9.17, 15) is 14.9 Å². The van der Waals surface area contributed by atoms with Crippen LogP contribution in [0.4, 0.5) is 5.69 Å². The van der Waals surface area contributed by atoms with Gasteiger partial charge in [0.2, 0.25) is 0 Å². The molecule has 1 fully saturated rings. The van der Waals surface area contributed by atoms with Crippen molar-refractivity contribution in [3.05, 3.63) is 39.9 Å². The molecular formula is C13H17N3O3. The molecule has 1 aliphatic rings. The van der Waals surface area contributed by atoms with E-state index in [1.807, 2.05) is 0 Å². The van der Waals surface area contributed by atoms with Gasteiger partial charge in [0.15, 0.2) is 0 Å². The molecule has 1 amide bonds. The zero-order chi connectivity index (χ0) is 13.8. The summed E-state index contributed by atoms with van der Waals surface area (Å²) in [6, 6.07) is 6.26. The molecule has 1 aromatic carbocycles. The van der Waals surface area contributed by atoms with E-state index in [0.29, 0.717) is 0 Å². The Balaban J connectivity index is 2.06. The molecular weight excluding hydrogens is 246 g/mol. The molecule has 2 rings (SSSR count). The Kier molecular flexibility index (Phi) is 4.11. The number of benzene rings is 1. The Labute approximate surface area is 111 Å². The second-order valence-electron chi connectivity index (χ2n) is 4.86. The maximum Gasteiger partial charge on any atom is 0.282 e. The van der Waals surface area contributed by atoms with Gasteiger partial charge in [0, 0.05) is 18.2 Å². The van der Waals surface area contributed by atoms with Gasteiger partial charge >= 0.3 is 0 Å². The molecule has 6 heteroatoms. The molecule has 3 N–H and O–H groups in total. The van der Waals surface area contributed by atoms with Gasteiger partial charge in [-0.2, -0.15) is 0 Å². The molecule has 0 spiro atoms. The average molecular weight is 263 g/mol. The van der Waals surface area contributed by atoms with Gasteiger partial charge in [-0.3, -0.25) is 14.9 Å². The predicted octanol–water partition coefficient (Wildman–Crippen LogP) is 1.59. The monoisotopic (exact) mass is 263 g/mol. The fourth-order valence-corrected chi connectivity index (χ4v) is 2.35. The van der Waals surface area contributed by atoms with Crippen LogP contribution in [0.3, 0.4) is 0 Å². The topological polar surface area (TPSA) is 98.3 Å². The number of nitrogens with zero attached hydrogens (tertiary/aromatic N) is 1. The minimum Gasteiger partial charge on any atom is -0.349 e. The van der Waals surface area contributed by atoms with Crippen LogP contribution in [-0.2, 0) is 0 Å². The van der Waals surface area contributed by atoms with Crippen LogP contribution in [0.25, 0.3) is 0 Å². The lowest BCUT2D eigenvalue weighted by atomic mass is 9.91. The van der Waals surface area contributed by atoms with Crippen LogP contribution in [0, 0.1) is 10.1 Å². The zero-order valence-electron chi connectivity index (χ0n) is 10.5. The first-order valence-electron chi connectivity index (χ1n) is 6.38. The number of rotatable bonds is 3. The van der Waals surface area contributed by atoms with Crippen LogP contribution < -0.4 is 11.1 Å². The van der Waals surface area contributed by atoms with Crippen molar-refractivity contribution in [2.45, 2.75) is 37.8 Å². The second-order valence-corrected chi connectivity index (χ2v) is 4.86. The summed E-state index contributed by atoms with van der Waals surface area (Å²) in [6.07, 6.45) is 3.41. The molecule has 0 atom stereocenters. The van der Waals surface area contributed by atoms with Crippen molar-refractivity contribution in [1.82, 2.24) is 5.32 Å². The number of amides is 1. The van der Waals surface area contributed by atoms with Gasteiger partial charge in [-0.05, 0) is 31.7 Å². The van der Waals surface area contributed by atoms with Crippen molar-refractivity contribution >= 4 is 11.6 Å². The van der Waals surface area contributed by atoms with Gasteiger partial charge in [-0.25, -0.2) is 0 Å². The lowest BCUT2D eigenvalue weighted by Crippen LogP contribution is -2.40. The number of hydrogen-bond acceptors (Lipinski definition) is 4. The highest BCUT2D eigenvalue weighted by molar-refractivity contribution is 5.98. The molecule has 0 aliphatic heterocycles. The molecule has 0 unspecified atom stereocenters. The summed E-state index contributed by atoms with van der Waals surface area (Å²) in [4.78, 5) is 22.4. The molecule has 0 bridgehead atoms. The van der Waals surface area contributed by atoms with Crippen molar-refractivity contribution in [3.63, 3.8) is 0 Å². The number of nitrogens with one attached hydrogen (secondary N) is 1. The third kappa shape index (κ3) is 3.29. The van der Waals surface area contributed by atoms with Crippen molar-refractivity contribution in [2.24, 2.45) is 5.73 Å². The van der Waals surface area contributed by atoms with Crippen molar-refractivity contribution in [2.75, 3.05) is 0 Å². The first kappa shape index (κ1) is 13.5. The van der Waals surface area contributed by atoms with E-state index in [1.165, 1.54) is 12.1 Å². The smallest absolute Gasteiger partial charge is 0.282 e. The van der Waals surface area contributed by atoms with E-state index >= 15 is 0 Å². The fraction of sp³-hybridized carbons (Fsp3) is 0.462. The molecule has 19 heavy (non-hydrogen) atoms. The summed E-state index contributed by atoms with van der Waals surface area (Å²) in [6.45, 7) is 0. The number of hydrogen-bond donors (Lipinski definition) is 2. The molecule has 0 heterocycles. The highest BCUT2D eigenvalue weighted by Gasteiger charge is 2.24. The van der Waals surface area contributed by atoms with Gasteiger partial charge in [-0.1, -0.05) is 12.1 Å².